The van der Waals surface area contributed by atoms with Gasteiger partial charge in [0.1, 0.15) is 6.04 Å². The lowest BCUT2D eigenvalue weighted by Gasteiger charge is -2.21. The second kappa shape index (κ2) is 6.84. The largest absolute Gasteiger partial charge is 0.487 e. The van der Waals surface area contributed by atoms with Crippen LogP contribution in [0.4, 0.5) is 0 Å². The van der Waals surface area contributed by atoms with Crippen LogP contribution in [0.3, 0.4) is 0 Å². The molecule has 2 N–H and O–H groups in total. The molecular weight excluding hydrogens is 328 g/mol. The van der Waals surface area contributed by atoms with Gasteiger partial charge in [-0.15, -0.1) is 0 Å². The highest BCUT2D eigenvalue weighted by molar-refractivity contribution is 7.17. The smallest absolute Gasteiger partial charge is 0.256 e. The first-order chi connectivity index (χ1) is 11.6. The number of nitrogens with one attached hydrogen (secondary N) is 2. The highest BCUT2D eigenvalue weighted by Gasteiger charge is 2.29. The zero-order valence-corrected chi connectivity index (χ0v) is 13.8. The SMILES string of the molecule is COc1sc(-c2ccccc2)cc1C(=O)NC1CCC(=O)NC1=O. The van der Waals surface area contributed by atoms with E-state index in [1.807, 2.05) is 30.3 Å². The summed E-state index contributed by atoms with van der Waals surface area (Å²) in [6.45, 7) is 0. The molecule has 1 atom stereocenters. The molecule has 1 fully saturated rings. The van der Waals surface area contributed by atoms with Crippen LogP contribution in [0.1, 0.15) is 23.2 Å². The minimum absolute atomic E-state index is 0.215. The minimum atomic E-state index is -0.708. The number of thiophene rings is 1. The number of amides is 3. The Morgan fingerprint density at radius 2 is 2.04 bits per heavy atom. The molecule has 2 heterocycles. The molecule has 0 spiro atoms. The van der Waals surface area contributed by atoms with Crippen LogP contribution in [0.15, 0.2) is 36.4 Å². The molecule has 6 nitrogen and oxygen atoms in total. The van der Waals surface area contributed by atoms with Crippen molar-refractivity contribution < 1.29 is 19.1 Å². The van der Waals surface area contributed by atoms with E-state index in [9.17, 15) is 14.4 Å². The van der Waals surface area contributed by atoms with Crippen molar-refractivity contribution in [2.24, 2.45) is 0 Å². The Morgan fingerprint density at radius 1 is 1.29 bits per heavy atom. The molecule has 2 aromatic rings. The van der Waals surface area contributed by atoms with Crippen LogP contribution < -0.4 is 15.4 Å². The first-order valence-electron chi connectivity index (χ1n) is 7.46. The van der Waals surface area contributed by atoms with E-state index in [0.717, 1.165) is 10.4 Å². The quantitative estimate of drug-likeness (QED) is 0.831. The number of ether oxygens (including phenoxy) is 1. The number of piperidine rings is 1. The average molecular weight is 344 g/mol. The number of rotatable bonds is 4. The molecule has 3 amide bonds. The van der Waals surface area contributed by atoms with Gasteiger partial charge in [0.25, 0.3) is 5.91 Å². The van der Waals surface area contributed by atoms with Crippen molar-refractivity contribution in [1.29, 1.82) is 0 Å². The Balaban J connectivity index is 1.81. The third kappa shape index (κ3) is 3.30. The predicted octanol–water partition coefficient (Wildman–Crippen LogP) is 1.96. The van der Waals surface area contributed by atoms with Crippen molar-refractivity contribution in [3.63, 3.8) is 0 Å². The van der Waals surface area contributed by atoms with Crippen LogP contribution in [0.2, 0.25) is 0 Å². The van der Waals surface area contributed by atoms with E-state index in [2.05, 4.69) is 10.6 Å². The van der Waals surface area contributed by atoms with E-state index in [-0.39, 0.29) is 18.2 Å². The molecule has 0 saturated carbocycles. The molecule has 3 rings (SSSR count). The van der Waals surface area contributed by atoms with Gasteiger partial charge in [-0.2, -0.15) is 0 Å². The average Bonchev–Trinajstić information content (AvgIpc) is 3.02. The Bertz CT molecular complexity index is 785. The van der Waals surface area contributed by atoms with Gasteiger partial charge in [0.15, 0.2) is 5.06 Å². The molecule has 1 aromatic carbocycles. The van der Waals surface area contributed by atoms with Crippen molar-refractivity contribution in [1.82, 2.24) is 10.6 Å². The van der Waals surface area contributed by atoms with Crippen molar-refractivity contribution in [2.45, 2.75) is 18.9 Å². The molecule has 1 aliphatic rings. The first kappa shape index (κ1) is 16.2. The van der Waals surface area contributed by atoms with E-state index in [4.69, 9.17) is 4.74 Å². The molecule has 24 heavy (non-hydrogen) atoms. The van der Waals surface area contributed by atoms with Gasteiger partial charge in [-0.3, -0.25) is 19.7 Å². The third-order valence-corrected chi connectivity index (χ3v) is 4.88. The fraction of sp³-hybridized carbons (Fsp3) is 0.235. The predicted molar refractivity (Wildman–Crippen MR) is 89.9 cm³/mol. The Morgan fingerprint density at radius 3 is 2.71 bits per heavy atom. The van der Waals surface area contributed by atoms with Gasteiger partial charge in [-0.1, -0.05) is 41.7 Å². The monoisotopic (exact) mass is 344 g/mol. The number of methoxy groups -OCH3 is 1. The molecule has 124 valence electrons. The zero-order valence-electron chi connectivity index (χ0n) is 13.0. The van der Waals surface area contributed by atoms with Gasteiger partial charge >= 0.3 is 0 Å². The normalized spacial score (nSPS) is 17.3. The summed E-state index contributed by atoms with van der Waals surface area (Å²) in [6, 6.07) is 10.7. The summed E-state index contributed by atoms with van der Waals surface area (Å²) in [7, 11) is 1.50. The molecule has 1 aromatic heterocycles. The summed E-state index contributed by atoms with van der Waals surface area (Å²) in [5.74, 6) is -1.18. The van der Waals surface area contributed by atoms with Crippen LogP contribution in [-0.2, 0) is 9.59 Å². The Kier molecular flexibility index (Phi) is 4.61. The maximum absolute atomic E-state index is 12.5. The summed E-state index contributed by atoms with van der Waals surface area (Å²) in [6.07, 6.45) is 0.515. The number of hydrogen-bond acceptors (Lipinski definition) is 5. The Labute approximate surface area is 142 Å². The van der Waals surface area contributed by atoms with Crippen LogP contribution >= 0.6 is 11.3 Å². The minimum Gasteiger partial charge on any atom is -0.487 e. The molecule has 1 unspecified atom stereocenters. The van der Waals surface area contributed by atoms with Gasteiger partial charge in [-0.05, 0) is 18.1 Å². The van der Waals surface area contributed by atoms with Crippen LogP contribution in [0.25, 0.3) is 10.4 Å². The molecular formula is C17H16N2O4S. The van der Waals surface area contributed by atoms with E-state index < -0.39 is 11.9 Å². The van der Waals surface area contributed by atoms with Gasteiger partial charge in [0.2, 0.25) is 11.8 Å². The number of carbonyl (C=O) groups excluding carboxylic acids is 3. The van der Waals surface area contributed by atoms with E-state index in [1.165, 1.54) is 18.4 Å². The number of hydrogen-bond donors (Lipinski definition) is 2. The van der Waals surface area contributed by atoms with Gasteiger partial charge < -0.3 is 10.1 Å². The fourth-order valence-electron chi connectivity index (χ4n) is 2.50. The number of imide groups is 1. The van der Waals surface area contributed by atoms with Crippen molar-refractivity contribution >= 4 is 29.1 Å². The molecule has 0 bridgehead atoms. The molecule has 0 radical (unpaired) electrons. The van der Waals surface area contributed by atoms with Crippen molar-refractivity contribution in [3.8, 4) is 15.5 Å². The zero-order chi connectivity index (χ0) is 17.1. The van der Waals surface area contributed by atoms with Gasteiger partial charge in [-0.25, -0.2) is 0 Å². The third-order valence-electron chi connectivity index (χ3n) is 3.73. The summed E-state index contributed by atoms with van der Waals surface area (Å²) < 4.78 is 5.30. The highest BCUT2D eigenvalue weighted by atomic mass is 32.1. The number of carbonyl (C=O) groups is 3. The van der Waals surface area contributed by atoms with E-state index >= 15 is 0 Å². The molecule has 1 saturated heterocycles. The summed E-state index contributed by atoms with van der Waals surface area (Å²) in [5.41, 5.74) is 1.37. The topological polar surface area (TPSA) is 84.5 Å². The molecule has 1 aliphatic heterocycles. The Hall–Kier alpha value is -2.67. The van der Waals surface area contributed by atoms with E-state index in [0.29, 0.717) is 17.0 Å². The van der Waals surface area contributed by atoms with Crippen molar-refractivity contribution in [2.75, 3.05) is 7.11 Å². The second-order valence-electron chi connectivity index (χ2n) is 5.36. The fourth-order valence-corrected chi connectivity index (χ4v) is 3.47. The van der Waals surface area contributed by atoms with Gasteiger partial charge in [0.05, 0.1) is 12.7 Å². The van der Waals surface area contributed by atoms with Crippen LogP contribution in [0.5, 0.6) is 5.06 Å². The van der Waals surface area contributed by atoms with E-state index in [1.54, 1.807) is 6.07 Å². The first-order valence-corrected chi connectivity index (χ1v) is 8.28. The molecule has 7 heteroatoms. The highest BCUT2D eigenvalue weighted by Crippen LogP contribution is 2.37. The molecule has 0 aliphatic carbocycles. The van der Waals surface area contributed by atoms with Crippen LogP contribution in [-0.4, -0.2) is 30.9 Å². The maximum Gasteiger partial charge on any atom is 0.256 e. The maximum atomic E-state index is 12.5. The van der Waals surface area contributed by atoms with Crippen molar-refractivity contribution in [3.05, 3.63) is 42.0 Å². The van der Waals surface area contributed by atoms with Gasteiger partial charge in [0, 0.05) is 11.3 Å². The summed E-state index contributed by atoms with van der Waals surface area (Å²) in [5, 5.41) is 5.38. The lowest BCUT2D eigenvalue weighted by atomic mass is 10.1. The van der Waals surface area contributed by atoms with Crippen LogP contribution in [0, 0.1) is 0 Å². The number of benzene rings is 1. The lowest BCUT2D eigenvalue weighted by molar-refractivity contribution is -0.134. The standard InChI is InChI=1S/C17H16N2O4S/c1-23-17-11(9-13(24-17)10-5-3-2-4-6-10)15(21)18-12-7-8-14(20)19-16(12)22/h2-6,9,12H,7-8H2,1H3,(H,18,21)(H,19,20,22). The summed E-state index contributed by atoms with van der Waals surface area (Å²) in [4.78, 5) is 36.4. The summed E-state index contributed by atoms with van der Waals surface area (Å²) >= 11 is 1.37. The lowest BCUT2D eigenvalue weighted by Crippen LogP contribution is -2.52. The second-order valence-corrected chi connectivity index (χ2v) is 6.37.